The standard InChI is InChI=1S/C44H10F20N4.Fe/c45-25-21(26(46)34(54)41(61)33(25)53)17-9-1-2-10(65-9)18(22-27(47)35(55)42(62)36(56)28(22)48)12-5-6-14(67-12)20(24-31(51)39(59)44(64)40(60)32(24)52)16-8-7-15(68-16)19(13-4-3-11(17)66-13)23-29(49)37(57)43(63)38(58)30(23)50;/h1-8,65,68H;. The number of aromatic amines is 2. The minimum Gasteiger partial charge on any atom is -0.354 e. The Labute approximate surface area is 378 Å². The van der Waals surface area contributed by atoms with Gasteiger partial charge in [0.25, 0.3) is 0 Å². The summed E-state index contributed by atoms with van der Waals surface area (Å²) in [5.41, 5.74) is -20.5. The first kappa shape index (κ1) is 48.1. The third-order valence-electron chi connectivity index (χ3n) is 10.6. The van der Waals surface area contributed by atoms with Crippen molar-refractivity contribution < 1.29 is 105 Å². The van der Waals surface area contributed by atoms with Crippen LogP contribution in [0, 0.1) is 116 Å². The smallest absolute Gasteiger partial charge is 0.200 e. The second kappa shape index (κ2) is 17.0. The maximum absolute atomic E-state index is 15.8. The first-order valence-corrected chi connectivity index (χ1v) is 18.3. The van der Waals surface area contributed by atoms with Crippen LogP contribution in [0.4, 0.5) is 87.8 Å². The summed E-state index contributed by atoms with van der Waals surface area (Å²) >= 11 is 0. The van der Waals surface area contributed by atoms with Crippen molar-refractivity contribution in [3.8, 4) is 44.5 Å². The van der Waals surface area contributed by atoms with Crippen LogP contribution in [0.5, 0.6) is 0 Å². The molecular weight excluding hydrogens is 1020 g/mol. The van der Waals surface area contributed by atoms with Crippen LogP contribution in [0.15, 0.2) is 24.3 Å². The van der Waals surface area contributed by atoms with Crippen molar-refractivity contribution in [1.29, 1.82) is 0 Å². The van der Waals surface area contributed by atoms with Crippen molar-refractivity contribution in [1.82, 2.24) is 19.9 Å². The van der Waals surface area contributed by atoms with E-state index in [0.717, 1.165) is 0 Å². The summed E-state index contributed by atoms with van der Waals surface area (Å²) in [4.78, 5) is 12.3. The monoisotopic (exact) mass is 1030 g/mol. The van der Waals surface area contributed by atoms with Gasteiger partial charge in [0, 0.05) is 61.4 Å². The Morgan fingerprint density at radius 3 is 0.522 bits per heavy atom. The Bertz CT molecular complexity index is 3120. The summed E-state index contributed by atoms with van der Waals surface area (Å²) < 4.78 is 303. The van der Waals surface area contributed by atoms with E-state index in [4.69, 9.17) is 0 Å². The average Bonchev–Trinajstić information content (AvgIpc) is 4.18. The molecule has 5 heterocycles. The van der Waals surface area contributed by atoms with Gasteiger partial charge in [-0.15, -0.1) is 0 Å². The minimum atomic E-state index is -2.72. The van der Waals surface area contributed by atoms with Crippen LogP contribution in [-0.4, -0.2) is 19.9 Å². The quantitative estimate of drug-likeness (QED) is 0.0799. The first-order valence-electron chi connectivity index (χ1n) is 18.3. The molecule has 0 unspecified atom stereocenters. The van der Waals surface area contributed by atoms with E-state index in [1.807, 2.05) is 0 Å². The van der Waals surface area contributed by atoms with Gasteiger partial charge >= 0.3 is 0 Å². The van der Waals surface area contributed by atoms with Crippen LogP contribution < -0.4 is 0 Å². The zero-order valence-corrected chi connectivity index (χ0v) is 33.5. The van der Waals surface area contributed by atoms with Gasteiger partial charge in [0.1, 0.15) is 0 Å². The van der Waals surface area contributed by atoms with E-state index in [-0.39, 0.29) is 17.1 Å². The molecule has 0 spiro atoms. The summed E-state index contributed by atoms with van der Waals surface area (Å²) in [5.74, 6) is -52.6. The fourth-order valence-electron chi connectivity index (χ4n) is 7.56. The SMILES string of the molecule is Fc1c(F)c(F)c(-c2c3nc(c(-c4c(F)c(F)c(F)c(F)c4F)c4ccc([nH]4)c(-c4c(F)c(F)c(F)c(F)c4F)c4nc(c(-c5c(F)c(F)c(F)c(F)c5F)c5ccc2[nH]5)C=C4)C=C3)c(F)c1F.[Fe]. The maximum atomic E-state index is 15.8. The summed E-state index contributed by atoms with van der Waals surface area (Å²) in [6, 6.07) is 2.51. The Balaban J connectivity index is 0.00000642. The minimum absolute atomic E-state index is 0. The van der Waals surface area contributed by atoms with E-state index in [2.05, 4.69) is 19.9 Å². The van der Waals surface area contributed by atoms with Crippen LogP contribution in [0.1, 0.15) is 22.8 Å². The van der Waals surface area contributed by atoms with Crippen molar-refractivity contribution >= 4 is 46.4 Å². The molecule has 9 rings (SSSR count). The molecule has 25 heteroatoms. The first-order chi connectivity index (χ1) is 32.1. The fourth-order valence-corrected chi connectivity index (χ4v) is 7.56. The van der Waals surface area contributed by atoms with Gasteiger partial charge in [0.05, 0.1) is 45.0 Å². The second-order valence-corrected chi connectivity index (χ2v) is 14.3. The van der Waals surface area contributed by atoms with Gasteiger partial charge in [-0.1, -0.05) is 0 Å². The number of halogens is 20. The Kier molecular flexibility index (Phi) is 11.8. The average molecular weight is 1030 g/mol. The maximum Gasteiger partial charge on any atom is 0.200 e. The van der Waals surface area contributed by atoms with Crippen molar-refractivity contribution in [3.63, 3.8) is 0 Å². The van der Waals surface area contributed by atoms with Gasteiger partial charge in [0.2, 0.25) is 23.3 Å². The molecule has 69 heavy (non-hydrogen) atoms. The largest absolute Gasteiger partial charge is 0.354 e. The normalized spacial score (nSPS) is 12.1. The number of hydrogen-bond acceptors (Lipinski definition) is 2. The van der Waals surface area contributed by atoms with Crippen molar-refractivity contribution in [3.05, 3.63) is 163 Å². The molecule has 8 bridgehead atoms. The zero-order valence-electron chi connectivity index (χ0n) is 32.4. The molecule has 2 N–H and O–H groups in total. The second-order valence-electron chi connectivity index (χ2n) is 14.3. The molecule has 4 aromatic carbocycles. The topological polar surface area (TPSA) is 57.4 Å². The summed E-state index contributed by atoms with van der Waals surface area (Å²) in [6.07, 6.45) is 2.40. The molecule has 0 amide bonds. The predicted octanol–water partition coefficient (Wildman–Crippen LogP) is 14.1. The molecule has 2 aliphatic rings. The molecule has 354 valence electrons. The molecule has 0 aliphatic carbocycles. The van der Waals surface area contributed by atoms with Gasteiger partial charge in [0.15, 0.2) is 93.1 Å². The van der Waals surface area contributed by atoms with Gasteiger partial charge in [-0.25, -0.2) is 97.8 Å². The molecule has 2 aliphatic heterocycles. The van der Waals surface area contributed by atoms with E-state index in [1.54, 1.807) is 0 Å². The Morgan fingerprint density at radius 2 is 0.362 bits per heavy atom. The number of fused-ring (bicyclic) bond motifs is 8. The molecule has 7 aromatic rings. The van der Waals surface area contributed by atoms with Gasteiger partial charge in [-0.3, -0.25) is 0 Å². The van der Waals surface area contributed by atoms with E-state index >= 15 is 35.1 Å². The molecule has 4 nitrogen and oxygen atoms in total. The van der Waals surface area contributed by atoms with Crippen LogP contribution >= 0.6 is 0 Å². The summed E-state index contributed by atoms with van der Waals surface area (Å²) in [5, 5.41) is 0. The fraction of sp³-hybridized carbons (Fsp3) is 0. The zero-order chi connectivity index (χ0) is 49.3. The van der Waals surface area contributed by atoms with E-state index < -0.39 is 206 Å². The third kappa shape index (κ3) is 6.99. The van der Waals surface area contributed by atoms with E-state index in [9.17, 15) is 52.7 Å². The molecule has 0 saturated heterocycles. The van der Waals surface area contributed by atoms with Gasteiger partial charge in [-0.2, -0.15) is 0 Å². The Morgan fingerprint density at radius 1 is 0.217 bits per heavy atom. The van der Waals surface area contributed by atoms with Crippen LogP contribution in [0.25, 0.3) is 90.9 Å². The van der Waals surface area contributed by atoms with Crippen LogP contribution in [0.2, 0.25) is 0 Å². The molecule has 0 radical (unpaired) electrons. The number of nitrogens with zero attached hydrogens (tertiary/aromatic N) is 2. The predicted molar refractivity (Wildman–Crippen MR) is 200 cm³/mol. The molecule has 0 saturated carbocycles. The number of hydrogen-bond donors (Lipinski definition) is 2. The number of aromatic nitrogens is 4. The molecule has 3 aromatic heterocycles. The summed E-state index contributed by atoms with van der Waals surface area (Å²) in [7, 11) is 0. The molecule has 0 atom stereocenters. The number of nitrogens with one attached hydrogen (secondary N) is 2. The summed E-state index contributed by atoms with van der Waals surface area (Å²) in [6.45, 7) is 0. The van der Waals surface area contributed by atoms with Crippen LogP contribution in [0.3, 0.4) is 0 Å². The third-order valence-corrected chi connectivity index (χ3v) is 10.6. The number of rotatable bonds is 4. The van der Waals surface area contributed by atoms with Crippen LogP contribution in [-0.2, 0) is 17.1 Å². The van der Waals surface area contributed by atoms with Crippen molar-refractivity contribution in [2.45, 2.75) is 0 Å². The van der Waals surface area contributed by atoms with Crippen molar-refractivity contribution in [2.24, 2.45) is 0 Å². The van der Waals surface area contributed by atoms with E-state index in [1.165, 1.54) is 0 Å². The van der Waals surface area contributed by atoms with Gasteiger partial charge in [-0.05, 0) is 48.6 Å². The Hall–Kier alpha value is -7.40. The number of benzene rings is 4. The van der Waals surface area contributed by atoms with Gasteiger partial charge < -0.3 is 9.97 Å². The number of H-pyrrole nitrogens is 2. The van der Waals surface area contributed by atoms with Crippen molar-refractivity contribution in [2.75, 3.05) is 0 Å². The molecular formula is C44H10F20FeN4. The molecule has 0 fully saturated rings. The van der Waals surface area contributed by atoms with E-state index in [0.29, 0.717) is 48.6 Å².